The van der Waals surface area contributed by atoms with Gasteiger partial charge in [0.1, 0.15) is 11.6 Å². The van der Waals surface area contributed by atoms with Crippen LogP contribution in [0.4, 0.5) is 31.5 Å². The number of nitro groups is 2. The van der Waals surface area contributed by atoms with Crippen LogP contribution in [0.5, 0.6) is 0 Å². The maximum Gasteiger partial charge on any atom is 0.269 e. The first-order valence-corrected chi connectivity index (χ1v) is 10.9. The summed E-state index contributed by atoms with van der Waals surface area (Å²) in [7, 11) is 0. The van der Waals surface area contributed by atoms with Crippen molar-refractivity contribution in [2.75, 3.05) is 0 Å². The SMILES string of the molecule is O=[N+]([O-])c1ccc(C=Nc2ccc(Cc3ccc(N=Cc4ccc([N+](=O)[O-])cc4)c(F)c3)cc2F)cc1. The summed E-state index contributed by atoms with van der Waals surface area (Å²) >= 11 is 0. The lowest BCUT2D eigenvalue weighted by Gasteiger charge is -2.06. The van der Waals surface area contributed by atoms with E-state index in [9.17, 15) is 29.0 Å². The number of benzene rings is 4. The molecule has 0 amide bonds. The molecule has 8 nitrogen and oxygen atoms in total. The highest BCUT2D eigenvalue weighted by Gasteiger charge is 2.08. The Morgan fingerprint density at radius 2 is 1.00 bits per heavy atom. The lowest BCUT2D eigenvalue weighted by molar-refractivity contribution is -0.385. The average molecular weight is 500 g/mol. The van der Waals surface area contributed by atoms with Crippen molar-refractivity contribution in [3.63, 3.8) is 0 Å². The van der Waals surface area contributed by atoms with Gasteiger partial charge in [-0.2, -0.15) is 0 Å². The second-order valence-corrected chi connectivity index (χ2v) is 7.96. The van der Waals surface area contributed by atoms with Crippen LogP contribution >= 0.6 is 0 Å². The minimum absolute atomic E-state index is 0.0477. The Bertz CT molecular complexity index is 1400. The molecule has 0 unspecified atom stereocenters. The fourth-order valence-corrected chi connectivity index (χ4v) is 3.42. The summed E-state index contributed by atoms with van der Waals surface area (Å²) < 4.78 is 29.1. The number of hydrogen-bond donors (Lipinski definition) is 0. The fourth-order valence-electron chi connectivity index (χ4n) is 3.42. The molecule has 0 aliphatic heterocycles. The third kappa shape index (κ3) is 6.51. The zero-order chi connectivity index (χ0) is 26.4. The normalized spacial score (nSPS) is 11.3. The van der Waals surface area contributed by atoms with Crippen molar-refractivity contribution in [2.24, 2.45) is 9.98 Å². The number of hydrogen-bond acceptors (Lipinski definition) is 6. The van der Waals surface area contributed by atoms with Crippen molar-refractivity contribution < 1.29 is 18.6 Å². The second kappa shape index (κ2) is 11.1. The molecule has 0 aliphatic rings. The third-order valence-corrected chi connectivity index (χ3v) is 5.35. The number of rotatable bonds is 8. The van der Waals surface area contributed by atoms with Gasteiger partial charge in [0.15, 0.2) is 0 Å². The first-order valence-electron chi connectivity index (χ1n) is 10.9. The zero-order valence-corrected chi connectivity index (χ0v) is 19.1. The third-order valence-electron chi connectivity index (χ3n) is 5.35. The Morgan fingerprint density at radius 3 is 1.32 bits per heavy atom. The highest BCUT2D eigenvalue weighted by molar-refractivity contribution is 5.83. The van der Waals surface area contributed by atoms with Crippen LogP contribution < -0.4 is 0 Å². The van der Waals surface area contributed by atoms with Crippen molar-refractivity contribution >= 4 is 35.2 Å². The molecular weight excluding hydrogens is 482 g/mol. The second-order valence-electron chi connectivity index (χ2n) is 7.96. The zero-order valence-electron chi connectivity index (χ0n) is 19.1. The van der Waals surface area contributed by atoms with E-state index < -0.39 is 21.5 Å². The van der Waals surface area contributed by atoms with Crippen LogP contribution in [0.2, 0.25) is 0 Å². The molecule has 37 heavy (non-hydrogen) atoms. The van der Waals surface area contributed by atoms with Gasteiger partial charge in [-0.15, -0.1) is 0 Å². The van der Waals surface area contributed by atoms with Crippen LogP contribution in [-0.2, 0) is 6.42 Å². The van der Waals surface area contributed by atoms with Crippen molar-refractivity contribution in [3.8, 4) is 0 Å². The molecule has 4 aromatic rings. The molecule has 0 radical (unpaired) electrons. The van der Waals surface area contributed by atoms with E-state index in [1.807, 2.05) is 0 Å². The van der Waals surface area contributed by atoms with Gasteiger partial charge in [-0.1, -0.05) is 12.1 Å². The van der Waals surface area contributed by atoms with Crippen LogP contribution in [0.1, 0.15) is 22.3 Å². The summed E-state index contributed by atoms with van der Waals surface area (Å²) in [5, 5.41) is 21.4. The van der Waals surface area contributed by atoms with Crippen molar-refractivity contribution in [2.45, 2.75) is 6.42 Å². The quantitative estimate of drug-likeness (QED) is 0.149. The van der Waals surface area contributed by atoms with E-state index in [1.54, 1.807) is 12.1 Å². The van der Waals surface area contributed by atoms with Crippen LogP contribution in [0.15, 0.2) is 94.9 Å². The summed E-state index contributed by atoms with van der Waals surface area (Å²) in [5.74, 6) is -1.11. The molecular formula is C27H18F2N4O4. The summed E-state index contributed by atoms with van der Waals surface area (Å²) in [6.45, 7) is 0. The van der Waals surface area contributed by atoms with Gasteiger partial charge in [-0.05, 0) is 77.2 Å². The number of aliphatic imine (C=N–C) groups is 2. The lowest BCUT2D eigenvalue weighted by Crippen LogP contribution is -1.92. The number of nitrogens with zero attached hydrogens (tertiary/aromatic N) is 4. The fraction of sp³-hybridized carbons (Fsp3) is 0.0370. The summed E-state index contributed by atoms with van der Waals surface area (Å²) in [6, 6.07) is 20.4. The van der Waals surface area contributed by atoms with E-state index in [4.69, 9.17) is 0 Å². The predicted molar refractivity (Wildman–Crippen MR) is 136 cm³/mol. The van der Waals surface area contributed by atoms with Gasteiger partial charge >= 0.3 is 0 Å². The summed E-state index contributed by atoms with van der Waals surface area (Å²) in [5.41, 5.74) is 2.51. The Labute approximate surface area is 209 Å². The molecule has 4 rings (SSSR count). The van der Waals surface area contributed by atoms with E-state index in [0.29, 0.717) is 22.3 Å². The largest absolute Gasteiger partial charge is 0.269 e. The van der Waals surface area contributed by atoms with Crippen LogP contribution in [-0.4, -0.2) is 22.3 Å². The van der Waals surface area contributed by atoms with Gasteiger partial charge in [0, 0.05) is 36.7 Å². The van der Waals surface area contributed by atoms with E-state index in [2.05, 4.69) is 9.98 Å². The minimum Gasteiger partial charge on any atom is -0.258 e. The highest BCUT2D eigenvalue weighted by atomic mass is 19.1. The van der Waals surface area contributed by atoms with E-state index >= 15 is 0 Å². The first kappa shape index (κ1) is 25.0. The van der Waals surface area contributed by atoms with Crippen LogP contribution in [0.25, 0.3) is 0 Å². The molecule has 10 heteroatoms. The van der Waals surface area contributed by atoms with Crippen molar-refractivity contribution in [1.29, 1.82) is 0 Å². The van der Waals surface area contributed by atoms with Crippen molar-refractivity contribution in [3.05, 3.63) is 139 Å². The van der Waals surface area contributed by atoms with Crippen LogP contribution in [0.3, 0.4) is 0 Å². The van der Waals surface area contributed by atoms with Crippen LogP contribution in [0, 0.1) is 31.9 Å². The molecule has 184 valence electrons. The summed E-state index contributed by atoms with van der Waals surface area (Å²) in [4.78, 5) is 28.6. The Morgan fingerprint density at radius 1 is 0.622 bits per heavy atom. The lowest BCUT2D eigenvalue weighted by atomic mass is 10.0. The average Bonchev–Trinajstić information content (AvgIpc) is 2.88. The molecule has 0 saturated heterocycles. The maximum atomic E-state index is 14.6. The molecule has 0 N–H and O–H groups in total. The number of non-ortho nitro benzene ring substituents is 2. The molecule has 0 saturated carbocycles. The van der Waals surface area contributed by atoms with Gasteiger partial charge in [0.2, 0.25) is 0 Å². The van der Waals surface area contributed by atoms with Gasteiger partial charge in [-0.25, -0.2) is 8.78 Å². The molecule has 0 heterocycles. The minimum atomic E-state index is -0.555. The molecule has 0 atom stereocenters. The molecule has 0 aliphatic carbocycles. The molecule has 0 aromatic heterocycles. The van der Waals surface area contributed by atoms with Gasteiger partial charge in [0.25, 0.3) is 11.4 Å². The van der Waals surface area contributed by atoms with Gasteiger partial charge in [-0.3, -0.25) is 30.2 Å². The molecule has 0 fully saturated rings. The standard InChI is InChI=1S/C27H18F2N4O4/c28-24-14-20(5-11-26(24)30-16-18-1-7-22(8-2-18)32(34)35)13-21-6-12-27(25(29)15-21)31-17-19-3-9-23(10-4-19)33(36)37/h1-12,14-17H,13H2. The highest BCUT2D eigenvalue weighted by Crippen LogP contribution is 2.24. The van der Waals surface area contributed by atoms with Crippen molar-refractivity contribution in [1.82, 2.24) is 0 Å². The number of halogens is 2. The Balaban J connectivity index is 1.41. The van der Waals surface area contributed by atoms with E-state index in [-0.39, 0.29) is 29.2 Å². The first-order chi connectivity index (χ1) is 17.8. The maximum absolute atomic E-state index is 14.6. The predicted octanol–water partition coefficient (Wildman–Crippen LogP) is 6.87. The Kier molecular flexibility index (Phi) is 7.48. The topological polar surface area (TPSA) is 111 Å². The van der Waals surface area contributed by atoms with Gasteiger partial charge < -0.3 is 0 Å². The number of nitro benzene ring substituents is 2. The Hall–Kier alpha value is -5.12. The summed E-state index contributed by atoms with van der Waals surface area (Å²) in [6.07, 6.45) is 3.10. The molecule has 4 aromatic carbocycles. The molecule has 0 spiro atoms. The monoisotopic (exact) mass is 500 g/mol. The molecule has 0 bridgehead atoms. The van der Waals surface area contributed by atoms with Gasteiger partial charge in [0.05, 0.1) is 21.2 Å². The smallest absolute Gasteiger partial charge is 0.258 e. The van der Waals surface area contributed by atoms with E-state index in [0.717, 1.165) is 0 Å². The van der Waals surface area contributed by atoms with E-state index in [1.165, 1.54) is 85.2 Å².